The van der Waals surface area contributed by atoms with Crippen molar-refractivity contribution in [3.05, 3.63) is 18.0 Å². The van der Waals surface area contributed by atoms with E-state index in [1.165, 1.54) is 0 Å². The van der Waals surface area contributed by atoms with Gasteiger partial charge < -0.3 is 5.32 Å². The second kappa shape index (κ2) is 3.92. The molecule has 0 aliphatic heterocycles. The Morgan fingerprint density at radius 1 is 1.50 bits per heavy atom. The Kier molecular flexibility index (Phi) is 2.73. The summed E-state index contributed by atoms with van der Waals surface area (Å²) in [4.78, 5) is 7.18. The first-order valence-corrected chi connectivity index (χ1v) is 5.11. The molecule has 1 heterocycles. The predicted octanol–water partition coefficient (Wildman–Crippen LogP) is 2.56. The lowest BCUT2D eigenvalue weighted by molar-refractivity contribution is -0.141. The highest BCUT2D eigenvalue weighted by Crippen LogP contribution is 2.37. The molecule has 0 saturated heterocycles. The highest BCUT2D eigenvalue weighted by atomic mass is 19.4. The highest BCUT2D eigenvalue weighted by molar-refractivity contribution is 5.26. The lowest BCUT2D eigenvalue weighted by Crippen LogP contribution is -2.13. The van der Waals surface area contributed by atoms with E-state index in [0.717, 1.165) is 18.7 Å². The van der Waals surface area contributed by atoms with Crippen molar-refractivity contribution in [2.75, 3.05) is 11.9 Å². The maximum atomic E-state index is 12.3. The third-order valence-electron chi connectivity index (χ3n) is 2.74. The van der Waals surface area contributed by atoms with E-state index in [1.807, 2.05) is 0 Å². The smallest absolute Gasteiger partial charge is 0.354 e. The molecular weight excluding hydrogens is 219 g/mol. The van der Waals surface area contributed by atoms with Crippen LogP contribution in [-0.2, 0) is 6.18 Å². The van der Waals surface area contributed by atoms with Crippen LogP contribution in [0.5, 0.6) is 0 Å². The Balaban J connectivity index is 1.99. The number of hydrogen-bond acceptors (Lipinski definition) is 3. The van der Waals surface area contributed by atoms with Gasteiger partial charge in [0.2, 0.25) is 5.95 Å². The van der Waals surface area contributed by atoms with Gasteiger partial charge in [-0.25, -0.2) is 9.97 Å². The average Bonchev–Trinajstić information content (AvgIpc) is 2.91. The van der Waals surface area contributed by atoms with Crippen molar-refractivity contribution in [1.82, 2.24) is 9.97 Å². The van der Waals surface area contributed by atoms with Crippen molar-refractivity contribution in [3.63, 3.8) is 0 Å². The number of halogens is 3. The summed E-state index contributed by atoms with van der Waals surface area (Å²) in [5.74, 6) is 1.24. The molecule has 1 aromatic heterocycles. The molecule has 1 aliphatic rings. The number of hydrogen-bond donors (Lipinski definition) is 1. The Hall–Kier alpha value is -1.33. The van der Waals surface area contributed by atoms with E-state index in [9.17, 15) is 13.2 Å². The molecule has 1 N–H and O–H groups in total. The standard InChI is InChI=1S/C10H12F3N3/c1-6-4-7(6)5-15-9-14-3-2-8(16-9)10(11,12)13/h2-3,6-7H,4-5H2,1H3,(H,14,15,16). The highest BCUT2D eigenvalue weighted by Gasteiger charge is 2.34. The fourth-order valence-electron chi connectivity index (χ4n) is 1.51. The summed E-state index contributed by atoms with van der Waals surface area (Å²) in [6, 6.07) is 0.866. The van der Waals surface area contributed by atoms with Gasteiger partial charge in [-0.05, 0) is 24.3 Å². The van der Waals surface area contributed by atoms with Crippen LogP contribution in [-0.4, -0.2) is 16.5 Å². The van der Waals surface area contributed by atoms with E-state index >= 15 is 0 Å². The van der Waals surface area contributed by atoms with Gasteiger partial charge in [-0.2, -0.15) is 13.2 Å². The summed E-state index contributed by atoms with van der Waals surface area (Å²) < 4.78 is 37.0. The van der Waals surface area contributed by atoms with Crippen LogP contribution in [0.4, 0.5) is 19.1 Å². The van der Waals surface area contributed by atoms with Crippen molar-refractivity contribution >= 4 is 5.95 Å². The molecule has 3 nitrogen and oxygen atoms in total. The molecule has 16 heavy (non-hydrogen) atoms. The normalized spacial score (nSPS) is 24.2. The van der Waals surface area contributed by atoms with Gasteiger partial charge >= 0.3 is 6.18 Å². The summed E-state index contributed by atoms with van der Waals surface area (Å²) >= 11 is 0. The first-order chi connectivity index (χ1) is 7.47. The molecule has 0 radical (unpaired) electrons. The zero-order chi connectivity index (χ0) is 11.8. The SMILES string of the molecule is CC1CC1CNc1nccc(C(F)(F)F)n1. The van der Waals surface area contributed by atoms with Crippen LogP contribution in [0.25, 0.3) is 0 Å². The molecule has 1 aliphatic carbocycles. The first kappa shape index (κ1) is 11.2. The van der Waals surface area contributed by atoms with Crippen LogP contribution in [0.3, 0.4) is 0 Å². The van der Waals surface area contributed by atoms with Gasteiger partial charge in [-0.1, -0.05) is 6.92 Å². The van der Waals surface area contributed by atoms with Crippen molar-refractivity contribution < 1.29 is 13.2 Å². The van der Waals surface area contributed by atoms with Crippen LogP contribution in [0.1, 0.15) is 19.0 Å². The van der Waals surface area contributed by atoms with Gasteiger partial charge in [0, 0.05) is 12.7 Å². The van der Waals surface area contributed by atoms with Crippen molar-refractivity contribution in [2.24, 2.45) is 11.8 Å². The Morgan fingerprint density at radius 2 is 2.19 bits per heavy atom. The van der Waals surface area contributed by atoms with E-state index in [2.05, 4.69) is 22.2 Å². The molecule has 0 amide bonds. The minimum Gasteiger partial charge on any atom is -0.354 e. The second-order valence-corrected chi connectivity index (χ2v) is 4.12. The zero-order valence-corrected chi connectivity index (χ0v) is 8.75. The van der Waals surface area contributed by atoms with Crippen LogP contribution in [0, 0.1) is 11.8 Å². The third kappa shape index (κ3) is 2.62. The maximum absolute atomic E-state index is 12.3. The number of rotatable bonds is 3. The van der Waals surface area contributed by atoms with Crippen molar-refractivity contribution in [1.29, 1.82) is 0 Å². The summed E-state index contributed by atoms with van der Waals surface area (Å²) in [6.07, 6.45) is -2.17. The Morgan fingerprint density at radius 3 is 2.75 bits per heavy atom. The van der Waals surface area contributed by atoms with Crippen molar-refractivity contribution in [2.45, 2.75) is 19.5 Å². The minimum absolute atomic E-state index is 0.0499. The number of nitrogens with zero attached hydrogens (tertiary/aromatic N) is 2. The molecule has 0 spiro atoms. The van der Waals surface area contributed by atoms with Gasteiger partial charge in [-0.15, -0.1) is 0 Å². The largest absolute Gasteiger partial charge is 0.433 e. The molecule has 2 atom stereocenters. The van der Waals surface area contributed by atoms with E-state index in [0.29, 0.717) is 18.4 Å². The molecule has 0 aromatic carbocycles. The molecule has 0 bridgehead atoms. The summed E-state index contributed by atoms with van der Waals surface area (Å²) in [6.45, 7) is 2.75. The maximum Gasteiger partial charge on any atom is 0.433 e. The Bertz CT molecular complexity index is 378. The topological polar surface area (TPSA) is 37.8 Å². The number of aromatic nitrogens is 2. The fraction of sp³-hybridized carbons (Fsp3) is 0.600. The van der Waals surface area contributed by atoms with Crippen LogP contribution in [0.2, 0.25) is 0 Å². The average molecular weight is 231 g/mol. The van der Waals surface area contributed by atoms with Gasteiger partial charge in [0.25, 0.3) is 0 Å². The van der Waals surface area contributed by atoms with E-state index < -0.39 is 11.9 Å². The van der Waals surface area contributed by atoms with E-state index in [-0.39, 0.29) is 5.95 Å². The summed E-state index contributed by atoms with van der Waals surface area (Å²) in [7, 11) is 0. The summed E-state index contributed by atoms with van der Waals surface area (Å²) in [5.41, 5.74) is -0.908. The number of alkyl halides is 3. The van der Waals surface area contributed by atoms with Gasteiger partial charge in [0.1, 0.15) is 5.69 Å². The predicted molar refractivity (Wildman–Crippen MR) is 52.8 cm³/mol. The van der Waals surface area contributed by atoms with Gasteiger partial charge in [0.15, 0.2) is 0 Å². The molecule has 1 fully saturated rings. The zero-order valence-electron chi connectivity index (χ0n) is 8.75. The van der Waals surface area contributed by atoms with E-state index in [1.54, 1.807) is 0 Å². The lowest BCUT2D eigenvalue weighted by atomic mass is 10.3. The van der Waals surface area contributed by atoms with E-state index in [4.69, 9.17) is 0 Å². The molecule has 1 saturated carbocycles. The fourth-order valence-corrected chi connectivity index (χ4v) is 1.51. The van der Waals surface area contributed by atoms with Gasteiger partial charge in [-0.3, -0.25) is 0 Å². The minimum atomic E-state index is -4.41. The molecular formula is C10H12F3N3. The first-order valence-electron chi connectivity index (χ1n) is 5.11. The third-order valence-corrected chi connectivity index (χ3v) is 2.74. The number of anilines is 1. The second-order valence-electron chi connectivity index (χ2n) is 4.12. The molecule has 2 rings (SSSR count). The van der Waals surface area contributed by atoms with Gasteiger partial charge in [0.05, 0.1) is 0 Å². The quantitative estimate of drug-likeness (QED) is 0.868. The molecule has 88 valence electrons. The molecule has 6 heteroatoms. The van der Waals surface area contributed by atoms with Crippen LogP contribution in [0.15, 0.2) is 12.3 Å². The Labute approximate surface area is 91.1 Å². The van der Waals surface area contributed by atoms with Crippen molar-refractivity contribution in [3.8, 4) is 0 Å². The lowest BCUT2D eigenvalue weighted by Gasteiger charge is -2.08. The number of nitrogens with one attached hydrogen (secondary N) is 1. The molecule has 2 unspecified atom stereocenters. The van der Waals surface area contributed by atoms with Crippen LogP contribution < -0.4 is 5.32 Å². The molecule has 1 aromatic rings. The monoisotopic (exact) mass is 231 g/mol. The van der Waals surface area contributed by atoms with Crippen LogP contribution >= 0.6 is 0 Å². The summed E-state index contributed by atoms with van der Waals surface area (Å²) in [5, 5.41) is 2.83.